The fourth-order valence-corrected chi connectivity index (χ4v) is 2.43. The molecule has 0 saturated heterocycles. The lowest BCUT2D eigenvalue weighted by atomic mass is 10.3. The van der Waals surface area contributed by atoms with E-state index in [0.29, 0.717) is 4.47 Å². The van der Waals surface area contributed by atoms with Crippen LogP contribution < -0.4 is 10.1 Å². The Bertz CT molecular complexity index is 614. The van der Waals surface area contributed by atoms with Gasteiger partial charge >= 0.3 is 6.36 Å². The molecular weight excluding hydrogens is 407 g/mol. The fraction of sp³-hybridized carbons (Fsp3) is 0.0909. The molecule has 0 unspecified atom stereocenters. The molecule has 0 aliphatic carbocycles. The van der Waals surface area contributed by atoms with E-state index in [9.17, 15) is 13.2 Å². The molecule has 0 aromatic heterocycles. The smallest absolute Gasteiger partial charge is 0.403 e. The summed E-state index contributed by atoms with van der Waals surface area (Å²) >= 11 is 6.10. The summed E-state index contributed by atoms with van der Waals surface area (Å²) in [6.07, 6.45) is -3.88. The minimum Gasteiger partial charge on any atom is -0.403 e. The molecule has 1 aromatic carbocycles. The zero-order valence-corrected chi connectivity index (χ0v) is 12.6. The number of nitrogens with zero attached hydrogens (tertiary/aromatic N) is 2. The van der Waals surface area contributed by atoms with Gasteiger partial charge in [-0.15, -0.1) is 13.2 Å². The van der Waals surface area contributed by atoms with Crippen LogP contribution in [0.4, 0.5) is 18.9 Å². The van der Waals surface area contributed by atoms with Crippen LogP contribution in [0.1, 0.15) is 0 Å². The Labute approximate surface area is 128 Å². The van der Waals surface area contributed by atoms with Crippen molar-refractivity contribution in [2.75, 3.05) is 5.32 Å². The highest BCUT2D eigenvalue weighted by molar-refractivity contribution is 9.11. The van der Waals surface area contributed by atoms with Crippen molar-refractivity contribution in [3.8, 4) is 17.9 Å². The highest BCUT2D eigenvalue weighted by atomic mass is 79.9. The van der Waals surface area contributed by atoms with Gasteiger partial charge < -0.3 is 10.1 Å². The third kappa shape index (κ3) is 4.76. The number of nitrogens with one attached hydrogen (secondary N) is 1. The molecule has 1 aromatic rings. The normalized spacial score (nSPS) is 10.2. The van der Waals surface area contributed by atoms with E-state index in [1.807, 2.05) is 0 Å². The van der Waals surface area contributed by atoms with E-state index in [4.69, 9.17) is 10.5 Å². The van der Waals surface area contributed by atoms with Crippen LogP contribution in [0.5, 0.6) is 5.75 Å². The molecule has 0 fully saturated rings. The van der Waals surface area contributed by atoms with Crippen LogP contribution in [-0.2, 0) is 0 Å². The van der Waals surface area contributed by atoms with Crippen molar-refractivity contribution >= 4 is 37.5 Å². The lowest BCUT2D eigenvalue weighted by Gasteiger charge is -2.15. The summed E-state index contributed by atoms with van der Waals surface area (Å²) in [5.74, 6) is -0.509. The van der Waals surface area contributed by atoms with E-state index in [1.54, 1.807) is 12.1 Å². The SMILES string of the molecule is N#CC(C#N)=CNc1c(Br)cc(Br)cc1OC(F)(F)F. The monoisotopic (exact) mass is 409 g/mol. The van der Waals surface area contributed by atoms with Gasteiger partial charge in [0, 0.05) is 15.1 Å². The highest BCUT2D eigenvalue weighted by Gasteiger charge is 2.32. The van der Waals surface area contributed by atoms with Crippen molar-refractivity contribution < 1.29 is 17.9 Å². The number of ether oxygens (including phenoxy) is 1. The third-order valence-electron chi connectivity index (χ3n) is 1.85. The quantitative estimate of drug-likeness (QED) is 0.747. The number of halogens is 5. The molecule has 0 amide bonds. The first-order valence-electron chi connectivity index (χ1n) is 4.78. The van der Waals surface area contributed by atoms with Crippen molar-refractivity contribution in [2.45, 2.75) is 6.36 Å². The van der Waals surface area contributed by atoms with Crippen molar-refractivity contribution in [3.63, 3.8) is 0 Å². The Morgan fingerprint density at radius 2 is 1.85 bits per heavy atom. The number of nitriles is 2. The minimum absolute atomic E-state index is 0.0616. The Hall–Kier alpha value is -1.71. The van der Waals surface area contributed by atoms with Crippen LogP contribution >= 0.6 is 31.9 Å². The van der Waals surface area contributed by atoms with Gasteiger partial charge in [-0.05, 0) is 28.1 Å². The van der Waals surface area contributed by atoms with E-state index in [1.165, 1.54) is 6.07 Å². The molecule has 0 heterocycles. The Morgan fingerprint density at radius 1 is 1.25 bits per heavy atom. The number of hydrogen-bond donors (Lipinski definition) is 1. The van der Waals surface area contributed by atoms with Crippen LogP contribution in [-0.4, -0.2) is 6.36 Å². The van der Waals surface area contributed by atoms with Gasteiger partial charge in [-0.2, -0.15) is 10.5 Å². The van der Waals surface area contributed by atoms with Crippen LogP contribution in [0.25, 0.3) is 0 Å². The van der Waals surface area contributed by atoms with E-state index in [-0.39, 0.29) is 15.7 Å². The fourth-order valence-electron chi connectivity index (χ4n) is 1.13. The first kappa shape index (κ1) is 16.3. The average molecular weight is 411 g/mol. The summed E-state index contributed by atoms with van der Waals surface area (Å²) in [5, 5.41) is 19.6. The first-order chi connectivity index (χ1) is 9.26. The molecule has 0 bridgehead atoms. The molecule has 0 saturated carbocycles. The summed E-state index contributed by atoms with van der Waals surface area (Å²) in [5.41, 5.74) is -0.355. The van der Waals surface area contributed by atoms with Gasteiger partial charge in [0.2, 0.25) is 0 Å². The predicted molar refractivity (Wildman–Crippen MR) is 71.5 cm³/mol. The van der Waals surface area contributed by atoms with Crippen molar-refractivity contribution in [2.24, 2.45) is 0 Å². The molecule has 0 radical (unpaired) electrons. The van der Waals surface area contributed by atoms with Gasteiger partial charge in [0.1, 0.15) is 17.7 Å². The summed E-state index contributed by atoms with van der Waals surface area (Å²) in [6, 6.07) is 5.73. The summed E-state index contributed by atoms with van der Waals surface area (Å²) in [4.78, 5) is 0. The van der Waals surface area contributed by atoms with Crippen molar-refractivity contribution in [3.05, 3.63) is 32.9 Å². The predicted octanol–water partition coefficient (Wildman–Crippen LogP) is 4.45. The Kier molecular flexibility index (Phi) is 5.43. The van der Waals surface area contributed by atoms with Crippen molar-refractivity contribution in [1.29, 1.82) is 10.5 Å². The van der Waals surface area contributed by atoms with Crippen LogP contribution in [0.3, 0.4) is 0 Å². The van der Waals surface area contributed by atoms with Gasteiger partial charge in [-0.1, -0.05) is 15.9 Å². The summed E-state index contributed by atoms with van der Waals surface area (Å²) in [6.45, 7) is 0. The number of allylic oxidation sites excluding steroid dienone is 1. The summed E-state index contributed by atoms with van der Waals surface area (Å²) < 4.78 is 41.4. The molecule has 0 atom stereocenters. The molecule has 104 valence electrons. The van der Waals surface area contributed by atoms with E-state index in [2.05, 4.69) is 41.9 Å². The van der Waals surface area contributed by atoms with Crippen LogP contribution in [0.15, 0.2) is 32.9 Å². The lowest BCUT2D eigenvalue weighted by Crippen LogP contribution is -2.18. The van der Waals surface area contributed by atoms with Crippen LogP contribution in [0, 0.1) is 22.7 Å². The molecule has 1 N–H and O–H groups in total. The lowest BCUT2D eigenvalue weighted by molar-refractivity contribution is -0.274. The topological polar surface area (TPSA) is 68.8 Å². The zero-order valence-electron chi connectivity index (χ0n) is 9.42. The van der Waals surface area contributed by atoms with Crippen molar-refractivity contribution in [1.82, 2.24) is 0 Å². The standard InChI is InChI=1S/C11H4Br2F3N3O/c12-7-1-8(13)10(19-5-6(3-17)4-18)9(2-7)20-11(14,15)16/h1-2,5,19H. The second-order valence-corrected chi connectivity index (χ2v) is 5.00. The highest BCUT2D eigenvalue weighted by Crippen LogP contribution is 2.39. The number of alkyl halides is 3. The number of benzene rings is 1. The molecule has 0 spiro atoms. The molecular formula is C11H4Br2F3N3O. The number of anilines is 1. The maximum Gasteiger partial charge on any atom is 0.573 e. The van der Waals surface area contributed by atoms with Gasteiger partial charge in [0.15, 0.2) is 5.75 Å². The third-order valence-corrected chi connectivity index (χ3v) is 2.93. The Morgan fingerprint density at radius 3 is 2.35 bits per heavy atom. The maximum atomic E-state index is 12.3. The van der Waals surface area contributed by atoms with Gasteiger partial charge in [-0.3, -0.25) is 0 Å². The first-order valence-corrected chi connectivity index (χ1v) is 6.37. The maximum absolute atomic E-state index is 12.3. The second kappa shape index (κ2) is 6.64. The Balaban J connectivity index is 3.21. The number of rotatable bonds is 3. The van der Waals surface area contributed by atoms with Gasteiger partial charge in [0.05, 0.1) is 5.69 Å². The largest absolute Gasteiger partial charge is 0.573 e. The summed E-state index contributed by atoms with van der Waals surface area (Å²) in [7, 11) is 0. The molecule has 9 heteroatoms. The average Bonchev–Trinajstić information content (AvgIpc) is 2.30. The number of hydrogen-bond acceptors (Lipinski definition) is 4. The molecule has 1 rings (SSSR count). The molecule has 20 heavy (non-hydrogen) atoms. The molecule has 4 nitrogen and oxygen atoms in total. The van der Waals surface area contributed by atoms with E-state index in [0.717, 1.165) is 12.3 Å². The van der Waals surface area contributed by atoms with Gasteiger partial charge in [0.25, 0.3) is 0 Å². The van der Waals surface area contributed by atoms with E-state index < -0.39 is 12.1 Å². The van der Waals surface area contributed by atoms with Crippen LogP contribution in [0.2, 0.25) is 0 Å². The van der Waals surface area contributed by atoms with E-state index >= 15 is 0 Å². The minimum atomic E-state index is -4.87. The molecule has 0 aliphatic heterocycles. The zero-order chi connectivity index (χ0) is 15.3. The second-order valence-electron chi connectivity index (χ2n) is 3.23. The van der Waals surface area contributed by atoms with Gasteiger partial charge in [-0.25, -0.2) is 0 Å². The molecule has 0 aliphatic rings.